The van der Waals surface area contributed by atoms with Crippen molar-refractivity contribution in [3.63, 3.8) is 0 Å². The van der Waals surface area contributed by atoms with E-state index in [-0.39, 0.29) is 0 Å². The third-order valence-electron chi connectivity index (χ3n) is 5.09. The first-order valence-electron chi connectivity index (χ1n) is 8.70. The fourth-order valence-electron chi connectivity index (χ4n) is 3.91. The number of furan rings is 2. The lowest BCUT2D eigenvalue weighted by molar-refractivity contribution is 0.668. The topological polar surface area (TPSA) is 26.3 Å². The molecule has 0 aliphatic rings. The molecule has 2 aromatic heterocycles. The molecule has 122 valence electrons. The third kappa shape index (κ3) is 1.81. The second-order valence-corrected chi connectivity index (χ2v) is 6.59. The number of hydrogen-bond acceptors (Lipinski definition) is 2. The van der Waals surface area contributed by atoms with Crippen LogP contribution in [0.5, 0.6) is 0 Å². The first-order valence-corrected chi connectivity index (χ1v) is 8.70. The van der Waals surface area contributed by atoms with E-state index in [1.54, 1.807) is 0 Å². The maximum absolute atomic E-state index is 6.07. The summed E-state index contributed by atoms with van der Waals surface area (Å²) >= 11 is 0. The van der Waals surface area contributed by atoms with Gasteiger partial charge in [0, 0.05) is 21.5 Å². The van der Waals surface area contributed by atoms with E-state index in [1.807, 2.05) is 42.5 Å². The van der Waals surface area contributed by atoms with E-state index in [4.69, 9.17) is 8.83 Å². The average molecular weight is 334 g/mol. The van der Waals surface area contributed by atoms with Gasteiger partial charge in [0.25, 0.3) is 0 Å². The minimum Gasteiger partial charge on any atom is -0.456 e. The molecule has 0 amide bonds. The maximum atomic E-state index is 6.07. The second-order valence-electron chi connectivity index (χ2n) is 6.59. The van der Waals surface area contributed by atoms with Gasteiger partial charge in [0.05, 0.1) is 0 Å². The number of fused-ring (bicyclic) bond motifs is 6. The highest BCUT2D eigenvalue weighted by atomic mass is 16.3. The Morgan fingerprint density at radius 1 is 0.462 bits per heavy atom. The van der Waals surface area contributed by atoms with Crippen molar-refractivity contribution in [1.82, 2.24) is 0 Å². The van der Waals surface area contributed by atoms with E-state index in [0.717, 1.165) is 55.0 Å². The summed E-state index contributed by atoms with van der Waals surface area (Å²) < 4.78 is 12.1. The monoisotopic (exact) mass is 334 g/mol. The molecule has 0 N–H and O–H groups in total. The number of benzene rings is 4. The molecule has 0 aliphatic heterocycles. The molecule has 0 unspecified atom stereocenters. The molecule has 0 saturated heterocycles. The summed E-state index contributed by atoms with van der Waals surface area (Å²) in [5.74, 6) is 0. The molecule has 2 heterocycles. The predicted octanol–water partition coefficient (Wildman–Crippen LogP) is 7.15. The van der Waals surface area contributed by atoms with Crippen LogP contribution in [0.2, 0.25) is 0 Å². The first kappa shape index (κ1) is 13.7. The molecule has 0 spiro atoms. The summed E-state index contributed by atoms with van der Waals surface area (Å²) in [5, 5.41) is 4.59. The van der Waals surface area contributed by atoms with Crippen LogP contribution in [0.1, 0.15) is 0 Å². The molecular formula is C24H14O2. The Kier molecular flexibility index (Phi) is 2.64. The summed E-state index contributed by atoms with van der Waals surface area (Å²) in [6.07, 6.45) is 0. The Labute approximate surface area is 149 Å². The lowest BCUT2D eigenvalue weighted by Gasteiger charge is -2.04. The van der Waals surface area contributed by atoms with Gasteiger partial charge in [-0.3, -0.25) is 0 Å². The van der Waals surface area contributed by atoms with Gasteiger partial charge in [-0.05, 0) is 41.5 Å². The molecule has 0 radical (unpaired) electrons. The highest BCUT2D eigenvalue weighted by Crippen LogP contribution is 2.38. The van der Waals surface area contributed by atoms with Crippen molar-refractivity contribution < 1.29 is 8.83 Å². The van der Waals surface area contributed by atoms with Crippen molar-refractivity contribution in [3.05, 3.63) is 84.9 Å². The Balaban J connectivity index is 1.68. The van der Waals surface area contributed by atoms with Crippen LogP contribution in [-0.2, 0) is 0 Å². The van der Waals surface area contributed by atoms with Gasteiger partial charge in [0.1, 0.15) is 22.3 Å². The van der Waals surface area contributed by atoms with Gasteiger partial charge in [-0.1, -0.05) is 54.6 Å². The van der Waals surface area contributed by atoms with Crippen molar-refractivity contribution in [2.45, 2.75) is 0 Å². The molecule has 2 nitrogen and oxygen atoms in total. The minimum atomic E-state index is 0.911. The van der Waals surface area contributed by atoms with Gasteiger partial charge in [-0.2, -0.15) is 0 Å². The zero-order valence-electron chi connectivity index (χ0n) is 13.9. The highest BCUT2D eigenvalue weighted by Gasteiger charge is 2.13. The van der Waals surface area contributed by atoms with E-state index < -0.39 is 0 Å². The van der Waals surface area contributed by atoms with Crippen molar-refractivity contribution in [3.8, 4) is 11.1 Å². The largest absolute Gasteiger partial charge is 0.456 e. The molecule has 2 heteroatoms. The van der Waals surface area contributed by atoms with E-state index in [0.29, 0.717) is 0 Å². The zero-order chi connectivity index (χ0) is 17.1. The SMILES string of the molecule is c1ccc2c(c1)oc1cc(-c3cccc4oc5ccccc5c34)ccc12. The quantitative estimate of drug-likeness (QED) is 0.319. The summed E-state index contributed by atoms with van der Waals surface area (Å²) in [5.41, 5.74) is 5.96. The van der Waals surface area contributed by atoms with E-state index >= 15 is 0 Å². The van der Waals surface area contributed by atoms with Crippen molar-refractivity contribution in [2.75, 3.05) is 0 Å². The molecule has 0 aliphatic carbocycles. The Bertz CT molecular complexity index is 1430. The summed E-state index contributed by atoms with van der Waals surface area (Å²) in [6, 6.07) is 29.0. The van der Waals surface area contributed by atoms with Gasteiger partial charge in [0.15, 0.2) is 0 Å². The van der Waals surface area contributed by atoms with Crippen LogP contribution < -0.4 is 0 Å². The minimum absolute atomic E-state index is 0.911. The molecule has 0 atom stereocenters. The molecule has 6 rings (SSSR count). The normalized spacial score (nSPS) is 11.8. The molecule has 0 fully saturated rings. The fourth-order valence-corrected chi connectivity index (χ4v) is 3.91. The van der Waals surface area contributed by atoms with Crippen molar-refractivity contribution in [2.24, 2.45) is 0 Å². The molecule has 4 aromatic carbocycles. The van der Waals surface area contributed by atoms with Crippen molar-refractivity contribution >= 4 is 43.9 Å². The van der Waals surface area contributed by atoms with Crippen LogP contribution in [0, 0.1) is 0 Å². The number of para-hydroxylation sites is 2. The Hall–Kier alpha value is -3.52. The van der Waals surface area contributed by atoms with E-state index in [1.165, 1.54) is 0 Å². The van der Waals surface area contributed by atoms with Crippen LogP contribution >= 0.6 is 0 Å². The van der Waals surface area contributed by atoms with Crippen LogP contribution in [0.3, 0.4) is 0 Å². The predicted molar refractivity (Wildman–Crippen MR) is 106 cm³/mol. The van der Waals surface area contributed by atoms with Gasteiger partial charge < -0.3 is 8.83 Å². The lowest BCUT2D eigenvalue weighted by Crippen LogP contribution is -1.79. The van der Waals surface area contributed by atoms with Crippen LogP contribution in [-0.4, -0.2) is 0 Å². The van der Waals surface area contributed by atoms with Crippen LogP contribution in [0.4, 0.5) is 0 Å². The summed E-state index contributed by atoms with van der Waals surface area (Å²) in [7, 11) is 0. The number of hydrogen-bond donors (Lipinski definition) is 0. The Morgan fingerprint density at radius 3 is 2.00 bits per heavy atom. The Morgan fingerprint density at radius 2 is 1.12 bits per heavy atom. The highest BCUT2D eigenvalue weighted by molar-refractivity contribution is 6.13. The van der Waals surface area contributed by atoms with Gasteiger partial charge >= 0.3 is 0 Å². The zero-order valence-corrected chi connectivity index (χ0v) is 13.9. The molecule has 0 saturated carbocycles. The van der Waals surface area contributed by atoms with Gasteiger partial charge in [-0.15, -0.1) is 0 Å². The summed E-state index contributed by atoms with van der Waals surface area (Å²) in [6.45, 7) is 0. The average Bonchev–Trinajstić information content (AvgIpc) is 3.25. The van der Waals surface area contributed by atoms with E-state index in [9.17, 15) is 0 Å². The number of rotatable bonds is 1. The summed E-state index contributed by atoms with van der Waals surface area (Å²) in [4.78, 5) is 0. The third-order valence-corrected chi connectivity index (χ3v) is 5.09. The second kappa shape index (κ2) is 4.99. The lowest BCUT2D eigenvalue weighted by atomic mass is 9.98. The van der Waals surface area contributed by atoms with Crippen molar-refractivity contribution in [1.29, 1.82) is 0 Å². The molecular weight excluding hydrogens is 320 g/mol. The molecule has 0 bridgehead atoms. The molecule has 26 heavy (non-hydrogen) atoms. The van der Waals surface area contributed by atoms with Crippen LogP contribution in [0.15, 0.2) is 93.8 Å². The smallest absolute Gasteiger partial charge is 0.136 e. The van der Waals surface area contributed by atoms with Gasteiger partial charge in [-0.25, -0.2) is 0 Å². The van der Waals surface area contributed by atoms with Gasteiger partial charge in [0.2, 0.25) is 0 Å². The van der Waals surface area contributed by atoms with Crippen LogP contribution in [0.25, 0.3) is 55.0 Å². The maximum Gasteiger partial charge on any atom is 0.136 e. The standard InChI is InChI=1S/C24H14O2/c1-3-9-20-17(6-1)18-13-12-15(14-23(18)26-20)16-8-5-11-22-24(16)19-7-2-4-10-21(19)25-22/h1-14H. The fraction of sp³-hybridized carbons (Fsp3) is 0. The van der Waals surface area contributed by atoms with E-state index in [2.05, 4.69) is 42.5 Å². The first-order chi connectivity index (χ1) is 12.9. The molecule has 6 aromatic rings.